The van der Waals surface area contributed by atoms with E-state index in [1.807, 2.05) is 0 Å². The Kier molecular flexibility index (Phi) is 7.67. The molecule has 154 valence electrons. The molecule has 0 saturated heterocycles. The van der Waals surface area contributed by atoms with Crippen LogP contribution in [0.25, 0.3) is 0 Å². The second-order valence-corrected chi connectivity index (χ2v) is 7.79. The van der Waals surface area contributed by atoms with Crippen molar-refractivity contribution in [1.29, 1.82) is 0 Å². The van der Waals surface area contributed by atoms with Gasteiger partial charge in [-0.1, -0.05) is 32.0 Å². The van der Waals surface area contributed by atoms with Crippen LogP contribution in [0.3, 0.4) is 0 Å². The van der Waals surface area contributed by atoms with Crippen LogP contribution in [0, 0.1) is 5.92 Å². The second kappa shape index (κ2) is 9.97. The summed E-state index contributed by atoms with van der Waals surface area (Å²) in [6.07, 6.45) is -1.11. The summed E-state index contributed by atoms with van der Waals surface area (Å²) in [5.74, 6) is -2.07. The van der Waals surface area contributed by atoms with Gasteiger partial charge in [0.2, 0.25) is 0 Å². The maximum Gasteiger partial charge on any atom is 0.329 e. The fourth-order valence-corrected chi connectivity index (χ4v) is 3.18. The average molecular weight is 416 g/mol. The molecule has 2 N–H and O–H groups in total. The number of rotatable bonds is 8. The molecule has 0 radical (unpaired) electrons. The molecule has 7 nitrogen and oxygen atoms in total. The SMILES string of the molecule is CC(=O)c1ccccc1NC(=O)[C@@H](C)OC(=O)[C@H](NC(=O)c1cccs1)C(C)C. The molecular formula is C21H24N2O5S. The van der Waals surface area contributed by atoms with Gasteiger partial charge in [0.05, 0.1) is 10.6 Å². The summed E-state index contributed by atoms with van der Waals surface area (Å²) >= 11 is 1.26. The first-order valence-electron chi connectivity index (χ1n) is 9.16. The van der Waals surface area contributed by atoms with Crippen LogP contribution < -0.4 is 10.6 Å². The smallest absolute Gasteiger partial charge is 0.329 e. The van der Waals surface area contributed by atoms with Gasteiger partial charge >= 0.3 is 5.97 Å². The number of nitrogens with one attached hydrogen (secondary N) is 2. The lowest BCUT2D eigenvalue weighted by Gasteiger charge is -2.23. The Morgan fingerprint density at radius 1 is 1.00 bits per heavy atom. The van der Waals surface area contributed by atoms with Gasteiger partial charge in [0.25, 0.3) is 11.8 Å². The van der Waals surface area contributed by atoms with E-state index in [1.54, 1.807) is 55.6 Å². The zero-order valence-corrected chi connectivity index (χ0v) is 17.5. The van der Waals surface area contributed by atoms with Gasteiger partial charge in [0.1, 0.15) is 6.04 Å². The number of thiophene rings is 1. The van der Waals surface area contributed by atoms with Gasteiger partial charge in [-0.05, 0) is 43.3 Å². The summed E-state index contributed by atoms with van der Waals surface area (Å²) in [7, 11) is 0. The van der Waals surface area contributed by atoms with Crippen molar-refractivity contribution in [2.45, 2.75) is 39.8 Å². The van der Waals surface area contributed by atoms with E-state index in [0.717, 1.165) is 0 Å². The number of anilines is 1. The van der Waals surface area contributed by atoms with Gasteiger partial charge in [0.15, 0.2) is 11.9 Å². The first kappa shape index (κ1) is 22.3. The van der Waals surface area contributed by atoms with E-state index in [2.05, 4.69) is 10.6 Å². The average Bonchev–Trinajstić information content (AvgIpc) is 3.20. The van der Waals surface area contributed by atoms with Crippen molar-refractivity contribution in [3.8, 4) is 0 Å². The highest BCUT2D eigenvalue weighted by Crippen LogP contribution is 2.17. The molecule has 0 spiro atoms. The zero-order valence-electron chi connectivity index (χ0n) is 16.7. The van der Waals surface area contributed by atoms with E-state index < -0.39 is 24.0 Å². The quantitative estimate of drug-likeness (QED) is 0.508. The molecule has 0 saturated carbocycles. The van der Waals surface area contributed by atoms with Gasteiger partial charge in [-0.3, -0.25) is 14.4 Å². The van der Waals surface area contributed by atoms with Crippen LogP contribution in [0.5, 0.6) is 0 Å². The van der Waals surface area contributed by atoms with E-state index >= 15 is 0 Å². The molecule has 0 fully saturated rings. The summed E-state index contributed by atoms with van der Waals surface area (Å²) < 4.78 is 5.28. The third-order valence-electron chi connectivity index (χ3n) is 4.18. The second-order valence-electron chi connectivity index (χ2n) is 6.84. The van der Waals surface area contributed by atoms with E-state index in [9.17, 15) is 19.2 Å². The highest BCUT2D eigenvalue weighted by atomic mass is 32.1. The molecule has 2 amide bonds. The summed E-state index contributed by atoms with van der Waals surface area (Å²) in [5, 5.41) is 7.03. The number of esters is 1. The normalized spacial score (nSPS) is 12.7. The molecule has 2 atom stereocenters. The number of benzene rings is 1. The molecule has 0 unspecified atom stereocenters. The van der Waals surface area contributed by atoms with Crippen LogP contribution in [-0.2, 0) is 14.3 Å². The number of amides is 2. The van der Waals surface area contributed by atoms with Gasteiger partial charge in [-0.25, -0.2) is 4.79 Å². The topological polar surface area (TPSA) is 102 Å². The first-order valence-corrected chi connectivity index (χ1v) is 10.0. The molecule has 2 aromatic rings. The Hall–Kier alpha value is -3.00. The van der Waals surface area contributed by atoms with Gasteiger partial charge < -0.3 is 15.4 Å². The molecule has 0 aliphatic carbocycles. The lowest BCUT2D eigenvalue weighted by molar-refractivity contribution is -0.156. The number of hydrogen-bond acceptors (Lipinski definition) is 6. The molecule has 0 bridgehead atoms. The molecule has 1 aromatic carbocycles. The number of Topliss-reactive ketones (excluding diaryl/α,β-unsaturated/α-hetero) is 1. The summed E-state index contributed by atoms with van der Waals surface area (Å²) in [6, 6.07) is 9.08. The number of ketones is 1. The van der Waals surface area contributed by atoms with Crippen LogP contribution in [-0.4, -0.2) is 35.7 Å². The first-order chi connectivity index (χ1) is 13.7. The van der Waals surface area contributed by atoms with Crippen LogP contribution in [0.4, 0.5) is 5.69 Å². The summed E-state index contributed by atoms with van der Waals surface area (Å²) in [4.78, 5) is 49.4. The molecular weight excluding hydrogens is 392 g/mol. The van der Waals surface area contributed by atoms with Crippen molar-refractivity contribution in [3.05, 3.63) is 52.2 Å². The molecule has 2 rings (SSSR count). The number of hydrogen-bond donors (Lipinski definition) is 2. The summed E-state index contributed by atoms with van der Waals surface area (Å²) in [5.41, 5.74) is 0.710. The van der Waals surface area contributed by atoms with Crippen molar-refractivity contribution in [1.82, 2.24) is 5.32 Å². The van der Waals surface area contributed by atoms with E-state index in [-0.39, 0.29) is 17.6 Å². The van der Waals surface area contributed by atoms with Crippen molar-refractivity contribution >= 4 is 40.6 Å². The number of para-hydroxylation sites is 1. The lowest BCUT2D eigenvalue weighted by Crippen LogP contribution is -2.47. The number of ether oxygens (including phenoxy) is 1. The minimum absolute atomic E-state index is 0.193. The van der Waals surface area contributed by atoms with Crippen LogP contribution in [0.15, 0.2) is 41.8 Å². The van der Waals surface area contributed by atoms with Gasteiger partial charge in [0, 0.05) is 5.56 Å². The maximum absolute atomic E-state index is 12.6. The third-order valence-corrected chi connectivity index (χ3v) is 5.05. The predicted octanol–water partition coefficient (Wildman–Crippen LogP) is 3.28. The molecule has 0 aliphatic heterocycles. The lowest BCUT2D eigenvalue weighted by atomic mass is 10.0. The Morgan fingerprint density at radius 2 is 1.69 bits per heavy atom. The highest BCUT2D eigenvalue weighted by molar-refractivity contribution is 7.12. The van der Waals surface area contributed by atoms with E-state index in [4.69, 9.17) is 4.74 Å². The van der Waals surface area contributed by atoms with Crippen molar-refractivity contribution in [2.75, 3.05) is 5.32 Å². The van der Waals surface area contributed by atoms with Gasteiger partial charge in [-0.2, -0.15) is 0 Å². The van der Waals surface area contributed by atoms with Crippen molar-refractivity contribution < 1.29 is 23.9 Å². The Morgan fingerprint density at radius 3 is 2.28 bits per heavy atom. The Bertz CT molecular complexity index is 892. The molecule has 1 aromatic heterocycles. The van der Waals surface area contributed by atoms with Crippen LogP contribution in [0.2, 0.25) is 0 Å². The number of carbonyl (C=O) groups excluding carboxylic acids is 4. The molecule has 8 heteroatoms. The molecule has 1 heterocycles. The maximum atomic E-state index is 12.6. The van der Waals surface area contributed by atoms with E-state index in [0.29, 0.717) is 16.1 Å². The zero-order chi connectivity index (χ0) is 21.6. The predicted molar refractivity (Wildman–Crippen MR) is 111 cm³/mol. The highest BCUT2D eigenvalue weighted by Gasteiger charge is 2.29. The summed E-state index contributed by atoms with van der Waals surface area (Å²) in [6.45, 7) is 6.38. The van der Waals surface area contributed by atoms with E-state index in [1.165, 1.54) is 25.2 Å². The number of carbonyl (C=O) groups is 4. The largest absolute Gasteiger partial charge is 0.451 e. The van der Waals surface area contributed by atoms with Crippen LogP contribution >= 0.6 is 11.3 Å². The van der Waals surface area contributed by atoms with Crippen molar-refractivity contribution in [2.24, 2.45) is 5.92 Å². The standard InChI is InChI=1S/C21H24N2O5S/c1-12(2)18(23-20(26)17-10-7-11-29-17)21(27)28-14(4)19(25)22-16-9-6-5-8-15(16)13(3)24/h5-12,14,18H,1-4H3,(H,22,25)(H,23,26)/t14-,18-/m1/s1. The fourth-order valence-electron chi connectivity index (χ4n) is 2.55. The van der Waals surface area contributed by atoms with Gasteiger partial charge in [-0.15, -0.1) is 11.3 Å². The Balaban J connectivity index is 2.02. The molecule has 0 aliphatic rings. The monoisotopic (exact) mass is 416 g/mol. The third kappa shape index (κ3) is 5.99. The Labute approximate surface area is 173 Å². The van der Waals surface area contributed by atoms with Crippen molar-refractivity contribution in [3.63, 3.8) is 0 Å². The minimum Gasteiger partial charge on any atom is -0.451 e. The van der Waals surface area contributed by atoms with Crippen LogP contribution in [0.1, 0.15) is 47.7 Å². The molecule has 29 heavy (non-hydrogen) atoms. The fraction of sp³-hybridized carbons (Fsp3) is 0.333. The minimum atomic E-state index is -1.11.